The summed E-state index contributed by atoms with van der Waals surface area (Å²) < 4.78 is 5.10. The third-order valence-electron chi connectivity index (χ3n) is 18.1. The average molecular weight is 919 g/mol. The predicted molar refractivity (Wildman–Crippen MR) is 308 cm³/mol. The number of para-hydroxylation sites is 2. The molecule has 0 radical (unpaired) electrons. The van der Waals surface area contributed by atoms with E-state index in [1.165, 1.54) is 150 Å². The number of benzene rings is 7. The van der Waals surface area contributed by atoms with Gasteiger partial charge in [-0.25, -0.2) is 0 Å². The normalized spacial score (nSPS) is 15.3. The van der Waals surface area contributed by atoms with Crippen molar-refractivity contribution in [1.82, 2.24) is 9.13 Å². The molecule has 6 aliphatic rings. The van der Waals surface area contributed by atoms with E-state index in [0.29, 0.717) is 0 Å². The lowest BCUT2D eigenvalue weighted by molar-refractivity contribution is 0.590. The number of hydrogen-bond acceptors (Lipinski definition) is 2. The lowest BCUT2D eigenvalue weighted by Gasteiger charge is -2.55. The molecule has 71 heavy (non-hydrogen) atoms. The van der Waals surface area contributed by atoms with Crippen LogP contribution in [0.5, 0.6) is 0 Å². The van der Waals surface area contributed by atoms with Crippen molar-refractivity contribution in [3.8, 4) is 44.8 Å². The second kappa shape index (κ2) is 12.9. The first kappa shape index (κ1) is 42.1. The van der Waals surface area contributed by atoms with Crippen LogP contribution >= 0.6 is 0 Å². The molecule has 9 aromatic rings. The smallest absolute Gasteiger partial charge is 0.331 e. The van der Waals surface area contributed by atoms with Crippen molar-refractivity contribution in [3.05, 3.63) is 138 Å². The summed E-state index contributed by atoms with van der Waals surface area (Å²) >= 11 is 0. The number of fused-ring (bicyclic) bond motifs is 18. The zero-order valence-corrected chi connectivity index (χ0v) is 44.0. The Kier molecular flexibility index (Phi) is 7.65. The Bertz CT molecular complexity index is 3730. The number of aryl methyl sites for hydroxylation is 2. The van der Waals surface area contributed by atoms with Crippen molar-refractivity contribution in [2.24, 2.45) is 14.1 Å². The molecule has 7 aromatic carbocycles. The number of rotatable bonds is 0. The highest BCUT2D eigenvalue weighted by atomic mass is 15.2. The molecule has 0 unspecified atom stereocenters. The summed E-state index contributed by atoms with van der Waals surface area (Å²) in [6.07, 6.45) is 0. The molecule has 7 heteroatoms. The van der Waals surface area contributed by atoms with Crippen molar-refractivity contribution >= 4 is 103 Å². The largest absolute Gasteiger partial charge is 0.377 e. The Morgan fingerprint density at radius 3 is 1.11 bits per heavy atom. The van der Waals surface area contributed by atoms with E-state index in [1.807, 2.05) is 0 Å². The molecule has 15 rings (SSSR count). The molecule has 2 aromatic heterocycles. The van der Waals surface area contributed by atoms with Gasteiger partial charge in [-0.3, -0.25) is 0 Å². The summed E-state index contributed by atoms with van der Waals surface area (Å²) in [7, 11) is 4.67. The Labute approximate surface area is 421 Å². The van der Waals surface area contributed by atoms with Crippen LogP contribution in [0.1, 0.15) is 105 Å². The van der Waals surface area contributed by atoms with Gasteiger partial charge < -0.3 is 18.8 Å². The minimum atomic E-state index is -0.0830. The van der Waals surface area contributed by atoms with Gasteiger partial charge in [0.15, 0.2) is 0 Å². The third-order valence-corrected chi connectivity index (χ3v) is 18.1. The summed E-state index contributed by atoms with van der Waals surface area (Å²) in [6.45, 7) is 28.7. The first-order chi connectivity index (χ1) is 33.6. The van der Waals surface area contributed by atoms with Gasteiger partial charge in [0.1, 0.15) is 0 Å². The number of aromatic nitrogens is 2. The van der Waals surface area contributed by atoms with Crippen LogP contribution in [-0.4, -0.2) is 29.5 Å². The third kappa shape index (κ3) is 5.06. The average Bonchev–Trinajstić information content (AvgIpc) is 3.80. The first-order valence-electron chi connectivity index (χ1n) is 26.2. The number of anilines is 4. The molecular weight excluding hydrogens is 857 g/mol. The summed E-state index contributed by atoms with van der Waals surface area (Å²) in [4.78, 5) is 5.78. The van der Waals surface area contributed by atoms with Crippen molar-refractivity contribution in [2.75, 3.05) is 9.62 Å². The number of nitrogens with zero attached hydrogens (tertiary/aromatic N) is 4. The maximum atomic E-state index is 2.89. The Balaban J connectivity index is 1.20. The molecule has 346 valence electrons. The molecule has 0 spiro atoms. The Hall–Kier alpha value is -6.59. The SMILES string of the molecule is Cn1c2c(c3ccccc31)B1c3cc(C(C)(C)C)ccc3-c3cc(C(C)(C)C)cc4c3N1c1c-2cc2c3c1B4c1cc(C(C)(C)C)cc4c1N3B(c1cc(C(C)(C)C)ccc1-4)c1c-2n(C)c2ccccc12. The van der Waals surface area contributed by atoms with Gasteiger partial charge in [-0.2, -0.15) is 0 Å². The van der Waals surface area contributed by atoms with E-state index in [4.69, 9.17) is 0 Å². The zero-order valence-electron chi connectivity index (χ0n) is 44.0. The van der Waals surface area contributed by atoms with Crippen LogP contribution < -0.4 is 47.9 Å². The molecule has 4 nitrogen and oxygen atoms in total. The summed E-state index contributed by atoms with van der Waals surface area (Å²) in [5.74, 6) is 0. The molecule has 0 saturated heterocycles. The summed E-state index contributed by atoms with van der Waals surface area (Å²) in [5, 5.41) is 2.69. The van der Waals surface area contributed by atoms with Crippen LogP contribution in [0.2, 0.25) is 0 Å². The summed E-state index contributed by atoms with van der Waals surface area (Å²) in [6, 6.07) is 46.7. The molecule has 0 aliphatic carbocycles. The van der Waals surface area contributed by atoms with Gasteiger partial charge in [0.25, 0.3) is 6.71 Å². The molecule has 6 aliphatic heterocycles. The van der Waals surface area contributed by atoms with Gasteiger partial charge >= 0.3 is 13.7 Å². The van der Waals surface area contributed by atoms with E-state index in [-0.39, 0.29) is 42.1 Å². The fourth-order valence-electron chi connectivity index (χ4n) is 14.5. The van der Waals surface area contributed by atoms with E-state index in [2.05, 4.69) is 231 Å². The molecule has 0 saturated carbocycles. The van der Waals surface area contributed by atoms with Crippen molar-refractivity contribution in [3.63, 3.8) is 0 Å². The van der Waals surface area contributed by atoms with Crippen LogP contribution in [0.25, 0.3) is 66.6 Å². The van der Waals surface area contributed by atoms with Crippen molar-refractivity contribution in [1.29, 1.82) is 0 Å². The molecule has 8 heterocycles. The van der Waals surface area contributed by atoms with Gasteiger partial charge in [-0.1, -0.05) is 168 Å². The second-order valence-corrected chi connectivity index (χ2v) is 26.3. The van der Waals surface area contributed by atoms with Gasteiger partial charge in [0.05, 0.1) is 0 Å². The van der Waals surface area contributed by atoms with E-state index in [9.17, 15) is 0 Å². The Morgan fingerprint density at radius 2 is 0.718 bits per heavy atom. The maximum Gasteiger partial charge on any atom is 0.331 e. The summed E-state index contributed by atoms with van der Waals surface area (Å²) in [5.41, 5.74) is 34.4. The van der Waals surface area contributed by atoms with Gasteiger partial charge in [-0.05, 0) is 134 Å². The molecule has 0 N–H and O–H groups in total. The van der Waals surface area contributed by atoms with E-state index >= 15 is 0 Å². The highest BCUT2D eigenvalue weighted by molar-refractivity contribution is 7.06. The van der Waals surface area contributed by atoms with Crippen molar-refractivity contribution < 1.29 is 0 Å². The van der Waals surface area contributed by atoms with Gasteiger partial charge in [-0.15, -0.1) is 0 Å². The van der Waals surface area contributed by atoms with E-state index in [1.54, 1.807) is 0 Å². The van der Waals surface area contributed by atoms with Gasteiger partial charge in [0, 0.05) is 81.5 Å². The lowest BCUT2D eigenvalue weighted by Crippen LogP contribution is -2.72. The highest BCUT2D eigenvalue weighted by Crippen LogP contribution is 2.57. The lowest BCUT2D eigenvalue weighted by atomic mass is 9.28. The van der Waals surface area contributed by atoms with E-state index < -0.39 is 0 Å². The fraction of sp³-hybridized carbons (Fsp3) is 0.281. The quantitative estimate of drug-likeness (QED) is 0.141. The molecule has 0 fully saturated rings. The Morgan fingerprint density at radius 1 is 0.338 bits per heavy atom. The molecular formula is C64H61B3N4. The number of hydrogen-bond donors (Lipinski definition) is 0. The minimum Gasteiger partial charge on any atom is -0.377 e. The first-order valence-corrected chi connectivity index (χ1v) is 26.2. The van der Waals surface area contributed by atoms with Crippen LogP contribution in [0, 0.1) is 0 Å². The van der Waals surface area contributed by atoms with Crippen molar-refractivity contribution in [2.45, 2.75) is 105 Å². The minimum absolute atomic E-state index is 0.00198. The molecule has 0 atom stereocenters. The molecule has 0 amide bonds. The van der Waals surface area contributed by atoms with Crippen LogP contribution in [-0.2, 0) is 35.8 Å². The predicted octanol–water partition coefficient (Wildman–Crippen LogP) is 10.8. The second-order valence-electron chi connectivity index (χ2n) is 26.3. The maximum absolute atomic E-state index is 2.89. The van der Waals surface area contributed by atoms with Crippen LogP contribution in [0.3, 0.4) is 0 Å². The zero-order chi connectivity index (χ0) is 49.1. The standard InChI is InChI=1S/C64H61B3N4/c1-61(2,3)34-23-25-38-42-27-36(63(7,8)9)31-48-55(42)70-59-44(57-52(66(70)46(38)29-34)40-19-15-17-21-50(40)68(57)13)33-45-58-53(41-20-16-18-22-51(41)69(58)14)67-47-30-35(62(4,5)6)24-26-39(47)43-28-37(64(10,11)12)32-49-56(43)71(67)60(45)54(59)65(48)49/h15-33H,1-14H3. The topological polar surface area (TPSA) is 16.3 Å². The van der Waals surface area contributed by atoms with E-state index in [0.717, 1.165) is 0 Å². The van der Waals surface area contributed by atoms with Crippen LogP contribution in [0.15, 0.2) is 115 Å². The monoisotopic (exact) mass is 919 g/mol. The highest BCUT2D eigenvalue weighted by Gasteiger charge is 2.58. The fourth-order valence-corrected chi connectivity index (χ4v) is 14.5. The van der Waals surface area contributed by atoms with Gasteiger partial charge in [0.2, 0.25) is 0 Å². The van der Waals surface area contributed by atoms with Crippen LogP contribution in [0.4, 0.5) is 22.7 Å². The molecule has 0 bridgehead atoms.